The third kappa shape index (κ3) is 2.43. The predicted octanol–water partition coefficient (Wildman–Crippen LogP) is 2.10. The maximum Gasteiger partial charge on any atom is 0.420 e. The number of aromatic nitrogens is 3. The molecule has 0 unspecified atom stereocenters. The van der Waals surface area contributed by atoms with Crippen LogP contribution in [0.25, 0.3) is 5.65 Å². The number of carbonyl (C=O) groups excluding carboxylic acids is 1. The SMILES string of the molecule is CCOCc1nnc2c(C(F)(F)F)c(C=O)ccn12. The number of rotatable bonds is 4. The zero-order valence-corrected chi connectivity index (χ0v) is 9.94. The van der Waals surface area contributed by atoms with Gasteiger partial charge in [-0.15, -0.1) is 10.2 Å². The lowest BCUT2D eigenvalue weighted by molar-refractivity contribution is -0.136. The van der Waals surface area contributed by atoms with Gasteiger partial charge in [-0.3, -0.25) is 9.20 Å². The van der Waals surface area contributed by atoms with Gasteiger partial charge in [-0.1, -0.05) is 0 Å². The Kier molecular flexibility index (Phi) is 3.52. The quantitative estimate of drug-likeness (QED) is 0.800. The Morgan fingerprint density at radius 3 is 2.74 bits per heavy atom. The average Bonchev–Trinajstić information content (AvgIpc) is 2.76. The van der Waals surface area contributed by atoms with Gasteiger partial charge in [0.15, 0.2) is 17.8 Å². The minimum Gasteiger partial charge on any atom is -0.374 e. The van der Waals surface area contributed by atoms with Crippen LogP contribution in [0.3, 0.4) is 0 Å². The third-order valence-electron chi connectivity index (χ3n) is 2.53. The predicted molar refractivity (Wildman–Crippen MR) is 58.7 cm³/mol. The van der Waals surface area contributed by atoms with E-state index in [2.05, 4.69) is 10.2 Å². The minimum atomic E-state index is -4.67. The van der Waals surface area contributed by atoms with Crippen molar-refractivity contribution in [3.05, 3.63) is 29.2 Å². The first-order valence-electron chi connectivity index (χ1n) is 5.45. The lowest BCUT2D eigenvalue weighted by Gasteiger charge is -2.10. The summed E-state index contributed by atoms with van der Waals surface area (Å²) in [6, 6.07) is 1.08. The van der Waals surface area contributed by atoms with Crippen molar-refractivity contribution in [3.63, 3.8) is 0 Å². The van der Waals surface area contributed by atoms with E-state index in [9.17, 15) is 18.0 Å². The molecular formula is C11H10F3N3O2. The molecule has 0 saturated heterocycles. The smallest absolute Gasteiger partial charge is 0.374 e. The van der Waals surface area contributed by atoms with Crippen LogP contribution in [-0.2, 0) is 17.5 Å². The van der Waals surface area contributed by atoms with Crippen LogP contribution in [0.2, 0.25) is 0 Å². The molecule has 0 saturated carbocycles. The van der Waals surface area contributed by atoms with Gasteiger partial charge >= 0.3 is 6.18 Å². The summed E-state index contributed by atoms with van der Waals surface area (Å²) < 4.78 is 45.1. The Bertz CT molecular complexity index is 607. The minimum absolute atomic E-state index is 0.0510. The molecular weight excluding hydrogens is 263 g/mol. The van der Waals surface area contributed by atoms with Crippen molar-refractivity contribution in [2.45, 2.75) is 19.7 Å². The van der Waals surface area contributed by atoms with Crippen molar-refractivity contribution in [1.82, 2.24) is 14.6 Å². The van der Waals surface area contributed by atoms with Gasteiger partial charge in [-0.2, -0.15) is 13.2 Å². The lowest BCUT2D eigenvalue weighted by Crippen LogP contribution is -2.12. The van der Waals surface area contributed by atoms with Gasteiger partial charge < -0.3 is 4.74 Å². The molecule has 0 aliphatic rings. The van der Waals surface area contributed by atoms with Crippen molar-refractivity contribution in [2.75, 3.05) is 6.61 Å². The standard InChI is InChI=1S/C11H10F3N3O2/c1-2-19-6-8-15-16-10-9(11(12,13)14)7(5-18)3-4-17(8)10/h3-5H,2,6H2,1H3. The van der Waals surface area contributed by atoms with Crippen LogP contribution in [0.4, 0.5) is 13.2 Å². The molecule has 0 radical (unpaired) electrons. The van der Waals surface area contributed by atoms with Crippen LogP contribution >= 0.6 is 0 Å². The normalized spacial score (nSPS) is 12.0. The molecule has 0 atom stereocenters. The first-order valence-corrected chi connectivity index (χ1v) is 5.45. The van der Waals surface area contributed by atoms with Crippen molar-refractivity contribution in [3.8, 4) is 0 Å². The number of aldehydes is 1. The highest BCUT2D eigenvalue weighted by Gasteiger charge is 2.37. The first-order chi connectivity index (χ1) is 8.99. The molecule has 8 heteroatoms. The highest BCUT2D eigenvalue weighted by molar-refractivity contribution is 5.81. The summed E-state index contributed by atoms with van der Waals surface area (Å²) in [6.45, 7) is 2.22. The van der Waals surface area contributed by atoms with Crippen LogP contribution in [0.5, 0.6) is 0 Å². The highest BCUT2D eigenvalue weighted by Crippen LogP contribution is 2.34. The Balaban J connectivity index is 2.63. The van der Waals surface area contributed by atoms with Crippen molar-refractivity contribution in [2.24, 2.45) is 0 Å². The number of hydrogen-bond acceptors (Lipinski definition) is 4. The van der Waals surface area contributed by atoms with Gasteiger partial charge in [-0.25, -0.2) is 0 Å². The van der Waals surface area contributed by atoms with Crippen LogP contribution in [0.1, 0.15) is 28.7 Å². The molecule has 2 heterocycles. The molecule has 0 aromatic carbocycles. The molecule has 0 N–H and O–H groups in total. The van der Waals surface area contributed by atoms with E-state index < -0.39 is 23.0 Å². The summed E-state index contributed by atoms with van der Waals surface area (Å²) in [5.74, 6) is 0.250. The van der Waals surface area contributed by atoms with E-state index in [0.29, 0.717) is 6.61 Å². The molecule has 2 rings (SSSR count). The van der Waals surface area contributed by atoms with Gasteiger partial charge in [0, 0.05) is 18.4 Å². The zero-order chi connectivity index (χ0) is 14.0. The second-order valence-corrected chi connectivity index (χ2v) is 3.71. The van der Waals surface area contributed by atoms with E-state index in [0.717, 1.165) is 6.07 Å². The van der Waals surface area contributed by atoms with Gasteiger partial charge in [-0.05, 0) is 13.0 Å². The largest absolute Gasteiger partial charge is 0.420 e. The number of fused-ring (bicyclic) bond motifs is 1. The van der Waals surface area contributed by atoms with Crippen molar-refractivity contribution in [1.29, 1.82) is 0 Å². The summed E-state index contributed by atoms with van der Waals surface area (Å²) >= 11 is 0. The molecule has 0 spiro atoms. The Morgan fingerprint density at radius 1 is 1.42 bits per heavy atom. The maximum absolute atomic E-state index is 13.0. The van der Waals surface area contributed by atoms with Crippen LogP contribution in [0.15, 0.2) is 12.3 Å². The topological polar surface area (TPSA) is 56.5 Å². The number of ether oxygens (including phenoxy) is 1. The zero-order valence-electron chi connectivity index (χ0n) is 9.94. The molecule has 0 fully saturated rings. The van der Waals surface area contributed by atoms with Crippen LogP contribution < -0.4 is 0 Å². The van der Waals surface area contributed by atoms with E-state index in [1.54, 1.807) is 6.92 Å². The molecule has 2 aromatic heterocycles. The van der Waals surface area contributed by atoms with Crippen LogP contribution in [-0.4, -0.2) is 27.5 Å². The van der Waals surface area contributed by atoms with Gasteiger partial charge in [0.25, 0.3) is 0 Å². The molecule has 0 aliphatic carbocycles. The third-order valence-corrected chi connectivity index (χ3v) is 2.53. The summed E-state index contributed by atoms with van der Waals surface area (Å²) in [5.41, 5.74) is -1.94. The summed E-state index contributed by atoms with van der Waals surface area (Å²) in [7, 11) is 0. The number of pyridine rings is 1. The second kappa shape index (κ2) is 4.96. The number of alkyl halides is 3. The first kappa shape index (κ1) is 13.5. The summed E-state index contributed by atoms with van der Waals surface area (Å²) in [4.78, 5) is 10.7. The number of nitrogens with zero attached hydrogens (tertiary/aromatic N) is 3. The molecule has 5 nitrogen and oxygen atoms in total. The molecule has 2 aromatic rings. The van der Waals surface area contributed by atoms with E-state index in [1.165, 1.54) is 10.6 Å². The second-order valence-electron chi connectivity index (χ2n) is 3.71. The average molecular weight is 273 g/mol. The Labute approximate surface area is 106 Å². The number of carbonyl (C=O) groups is 1. The summed E-state index contributed by atoms with van der Waals surface area (Å²) in [5, 5.41) is 7.16. The number of hydrogen-bond donors (Lipinski definition) is 0. The molecule has 19 heavy (non-hydrogen) atoms. The Hall–Kier alpha value is -1.96. The Morgan fingerprint density at radius 2 is 2.16 bits per heavy atom. The van der Waals surface area contributed by atoms with Crippen LogP contribution in [0, 0.1) is 0 Å². The number of halogens is 3. The molecule has 0 aliphatic heterocycles. The van der Waals surface area contributed by atoms with E-state index in [1.807, 2.05) is 0 Å². The fourth-order valence-corrected chi connectivity index (χ4v) is 1.70. The maximum atomic E-state index is 13.0. The van der Waals surface area contributed by atoms with Gasteiger partial charge in [0.2, 0.25) is 0 Å². The fraction of sp³-hybridized carbons (Fsp3) is 0.364. The fourth-order valence-electron chi connectivity index (χ4n) is 1.70. The highest BCUT2D eigenvalue weighted by atomic mass is 19.4. The van der Waals surface area contributed by atoms with Gasteiger partial charge in [0.05, 0.1) is 0 Å². The van der Waals surface area contributed by atoms with Crippen molar-refractivity contribution >= 4 is 11.9 Å². The van der Waals surface area contributed by atoms with Gasteiger partial charge in [0.1, 0.15) is 12.2 Å². The van der Waals surface area contributed by atoms with E-state index >= 15 is 0 Å². The summed E-state index contributed by atoms with van der Waals surface area (Å²) in [6.07, 6.45) is -3.20. The molecule has 0 amide bonds. The molecule has 102 valence electrons. The monoisotopic (exact) mass is 273 g/mol. The van der Waals surface area contributed by atoms with Crippen molar-refractivity contribution < 1.29 is 22.7 Å². The molecule has 0 bridgehead atoms. The van der Waals surface area contributed by atoms with E-state index in [-0.39, 0.29) is 18.7 Å². The van der Waals surface area contributed by atoms with E-state index in [4.69, 9.17) is 4.74 Å². The lowest BCUT2D eigenvalue weighted by atomic mass is 10.1.